The van der Waals surface area contributed by atoms with Crippen molar-refractivity contribution in [3.05, 3.63) is 81.6 Å². The molecule has 4 rings (SSSR count). The van der Waals surface area contributed by atoms with Crippen LogP contribution in [0.4, 0.5) is 9.52 Å². The van der Waals surface area contributed by atoms with Crippen molar-refractivity contribution in [3.8, 4) is 5.75 Å². The SMILES string of the molecule is CCCOc1cccc(/C(O)=C2\C(=O)C(=O)N(c3nc(C)c(C(=O)OCC)s3)C2c2ccc(F)cc2)c1. The fourth-order valence-electron chi connectivity index (χ4n) is 3.97. The Balaban J connectivity index is 1.87. The lowest BCUT2D eigenvalue weighted by molar-refractivity contribution is -0.132. The second kappa shape index (κ2) is 10.9. The normalized spacial score (nSPS) is 16.8. The summed E-state index contributed by atoms with van der Waals surface area (Å²) in [7, 11) is 0. The number of ether oxygens (including phenoxy) is 2. The van der Waals surface area contributed by atoms with Crippen LogP contribution in [0, 0.1) is 12.7 Å². The molecule has 1 aromatic heterocycles. The predicted octanol–water partition coefficient (Wildman–Crippen LogP) is 5.18. The molecule has 1 aliphatic heterocycles. The van der Waals surface area contributed by atoms with Gasteiger partial charge < -0.3 is 14.6 Å². The van der Waals surface area contributed by atoms with Gasteiger partial charge in [-0.3, -0.25) is 14.5 Å². The number of anilines is 1. The van der Waals surface area contributed by atoms with Crippen LogP contribution < -0.4 is 9.64 Å². The van der Waals surface area contributed by atoms with E-state index in [4.69, 9.17) is 9.47 Å². The maximum Gasteiger partial charge on any atom is 0.350 e. The molecule has 0 spiro atoms. The number of aryl methyl sites for hydroxylation is 1. The molecule has 10 heteroatoms. The van der Waals surface area contributed by atoms with E-state index in [1.807, 2.05) is 6.92 Å². The third-order valence-corrected chi connectivity index (χ3v) is 6.80. The van der Waals surface area contributed by atoms with Gasteiger partial charge in [0.2, 0.25) is 0 Å². The van der Waals surface area contributed by atoms with Crippen LogP contribution in [-0.2, 0) is 14.3 Å². The van der Waals surface area contributed by atoms with Gasteiger partial charge in [-0.2, -0.15) is 0 Å². The van der Waals surface area contributed by atoms with E-state index in [9.17, 15) is 23.9 Å². The molecule has 0 radical (unpaired) electrons. The van der Waals surface area contributed by atoms with Crippen LogP contribution in [0.5, 0.6) is 5.75 Å². The standard InChI is InChI=1S/C27H25FN2O6S/c1-4-13-36-19-8-6-7-17(14-19)22(31)20-21(16-9-11-18(28)12-10-16)30(25(33)23(20)32)27-29-15(3)24(37-27)26(34)35-5-2/h6-12,14,21,31H,4-5,13H2,1-3H3/b22-20+. The number of halogens is 1. The molecule has 0 bridgehead atoms. The quantitative estimate of drug-likeness (QED) is 0.187. The Morgan fingerprint density at radius 1 is 1.16 bits per heavy atom. The van der Waals surface area contributed by atoms with E-state index >= 15 is 0 Å². The summed E-state index contributed by atoms with van der Waals surface area (Å²) >= 11 is 0.902. The number of thiazole rings is 1. The van der Waals surface area contributed by atoms with Gasteiger partial charge in [-0.15, -0.1) is 0 Å². The predicted molar refractivity (Wildman–Crippen MR) is 136 cm³/mol. The summed E-state index contributed by atoms with van der Waals surface area (Å²) < 4.78 is 24.5. The number of benzene rings is 2. The van der Waals surface area contributed by atoms with E-state index < -0.39 is 35.3 Å². The minimum absolute atomic E-state index is 0.0797. The monoisotopic (exact) mass is 524 g/mol. The van der Waals surface area contributed by atoms with E-state index in [1.54, 1.807) is 38.1 Å². The third-order valence-electron chi connectivity index (χ3n) is 5.66. The third kappa shape index (κ3) is 5.10. The van der Waals surface area contributed by atoms with Crippen LogP contribution in [0.25, 0.3) is 5.76 Å². The molecule has 3 aromatic rings. The molecule has 8 nitrogen and oxygen atoms in total. The number of aromatic nitrogens is 1. The van der Waals surface area contributed by atoms with Crippen molar-refractivity contribution < 1.29 is 33.4 Å². The molecule has 192 valence electrons. The largest absolute Gasteiger partial charge is 0.507 e. The number of esters is 1. The van der Waals surface area contributed by atoms with E-state index in [-0.39, 0.29) is 27.8 Å². The Morgan fingerprint density at radius 2 is 1.89 bits per heavy atom. The highest BCUT2D eigenvalue weighted by atomic mass is 32.1. The molecular formula is C27H25FN2O6S. The van der Waals surface area contributed by atoms with Crippen molar-refractivity contribution in [1.82, 2.24) is 4.98 Å². The molecule has 2 heterocycles. The molecule has 1 amide bonds. The van der Waals surface area contributed by atoms with Crippen LogP contribution in [0.3, 0.4) is 0 Å². The highest BCUT2D eigenvalue weighted by molar-refractivity contribution is 7.17. The molecule has 1 saturated heterocycles. The first kappa shape index (κ1) is 26.0. The Hall–Kier alpha value is -4.05. The lowest BCUT2D eigenvalue weighted by atomic mass is 9.95. The first-order chi connectivity index (χ1) is 17.8. The smallest absolute Gasteiger partial charge is 0.350 e. The topological polar surface area (TPSA) is 106 Å². The van der Waals surface area contributed by atoms with Crippen molar-refractivity contribution >= 4 is 39.9 Å². The number of hydrogen-bond acceptors (Lipinski definition) is 8. The van der Waals surface area contributed by atoms with E-state index in [0.717, 1.165) is 22.7 Å². The minimum Gasteiger partial charge on any atom is -0.507 e. The highest BCUT2D eigenvalue weighted by Gasteiger charge is 2.48. The van der Waals surface area contributed by atoms with Crippen LogP contribution >= 0.6 is 11.3 Å². The molecule has 0 saturated carbocycles. The van der Waals surface area contributed by atoms with Gasteiger partial charge in [0.1, 0.15) is 22.2 Å². The Morgan fingerprint density at radius 3 is 2.57 bits per heavy atom. The van der Waals surface area contributed by atoms with Crippen molar-refractivity contribution in [2.45, 2.75) is 33.2 Å². The summed E-state index contributed by atoms with van der Waals surface area (Å²) in [6, 6.07) is 10.7. The Bertz CT molecular complexity index is 1380. The van der Waals surface area contributed by atoms with Crippen molar-refractivity contribution in [3.63, 3.8) is 0 Å². The molecule has 1 fully saturated rings. The lowest BCUT2D eigenvalue weighted by Crippen LogP contribution is -2.29. The molecular weight excluding hydrogens is 499 g/mol. The summed E-state index contributed by atoms with van der Waals surface area (Å²) in [5.74, 6) is -2.88. The first-order valence-electron chi connectivity index (χ1n) is 11.7. The molecule has 1 N–H and O–H groups in total. The second-order valence-electron chi connectivity index (χ2n) is 8.23. The van der Waals surface area contributed by atoms with Crippen LogP contribution in [0.2, 0.25) is 0 Å². The summed E-state index contributed by atoms with van der Waals surface area (Å²) in [4.78, 5) is 44.7. The van der Waals surface area contributed by atoms with E-state index in [2.05, 4.69) is 4.98 Å². The Kier molecular flexibility index (Phi) is 7.68. The number of Topliss-reactive ketones (excluding diaryl/α,β-unsaturated/α-hetero) is 1. The number of amides is 1. The fourth-order valence-corrected chi connectivity index (χ4v) is 4.96. The van der Waals surface area contributed by atoms with Crippen LogP contribution in [0.1, 0.15) is 52.8 Å². The number of aliphatic hydroxyl groups is 1. The molecule has 1 aliphatic rings. The average Bonchev–Trinajstić information content (AvgIpc) is 3.40. The molecule has 2 aromatic carbocycles. The van der Waals surface area contributed by atoms with Gasteiger partial charge in [-0.25, -0.2) is 14.2 Å². The number of hydrogen-bond donors (Lipinski definition) is 1. The molecule has 37 heavy (non-hydrogen) atoms. The number of carbonyl (C=O) groups excluding carboxylic acids is 3. The zero-order chi connectivity index (χ0) is 26.7. The zero-order valence-corrected chi connectivity index (χ0v) is 21.3. The first-order valence-corrected chi connectivity index (χ1v) is 12.5. The van der Waals surface area contributed by atoms with Gasteiger partial charge in [-0.05, 0) is 50.1 Å². The van der Waals surface area contributed by atoms with Gasteiger partial charge in [0, 0.05) is 5.56 Å². The number of rotatable bonds is 8. The van der Waals surface area contributed by atoms with Crippen LogP contribution in [-0.4, -0.2) is 41.0 Å². The summed E-state index contributed by atoms with van der Waals surface area (Å²) in [5, 5.41) is 11.4. The van der Waals surface area contributed by atoms with Crippen LogP contribution in [0.15, 0.2) is 54.1 Å². The van der Waals surface area contributed by atoms with Crippen molar-refractivity contribution in [2.75, 3.05) is 18.1 Å². The summed E-state index contributed by atoms with van der Waals surface area (Å²) in [6.45, 7) is 5.85. The Labute approximate surface area is 217 Å². The van der Waals surface area contributed by atoms with Gasteiger partial charge >= 0.3 is 11.9 Å². The van der Waals surface area contributed by atoms with Gasteiger partial charge in [0.25, 0.3) is 5.78 Å². The van der Waals surface area contributed by atoms with E-state index in [1.165, 1.54) is 24.3 Å². The van der Waals surface area contributed by atoms with Crippen molar-refractivity contribution in [2.24, 2.45) is 0 Å². The molecule has 1 unspecified atom stereocenters. The molecule has 0 aliphatic carbocycles. The number of nitrogens with zero attached hydrogens (tertiary/aromatic N) is 2. The maximum absolute atomic E-state index is 13.7. The minimum atomic E-state index is -1.11. The van der Waals surface area contributed by atoms with Gasteiger partial charge in [0.15, 0.2) is 5.13 Å². The second-order valence-corrected chi connectivity index (χ2v) is 9.21. The summed E-state index contributed by atoms with van der Waals surface area (Å²) in [5.41, 5.74) is 0.807. The van der Waals surface area contributed by atoms with Gasteiger partial charge in [0.05, 0.1) is 30.5 Å². The van der Waals surface area contributed by atoms with E-state index in [0.29, 0.717) is 23.6 Å². The average molecular weight is 525 g/mol. The lowest BCUT2D eigenvalue weighted by Gasteiger charge is -2.23. The maximum atomic E-state index is 13.7. The summed E-state index contributed by atoms with van der Waals surface area (Å²) in [6.07, 6.45) is 0.785. The number of aliphatic hydroxyl groups excluding tert-OH is 1. The van der Waals surface area contributed by atoms with Gasteiger partial charge in [-0.1, -0.05) is 42.5 Å². The fraction of sp³-hybridized carbons (Fsp3) is 0.259. The number of carbonyl (C=O) groups is 3. The zero-order valence-electron chi connectivity index (χ0n) is 20.5. The van der Waals surface area contributed by atoms with Crippen molar-refractivity contribution in [1.29, 1.82) is 0 Å². The number of ketones is 1. The highest BCUT2D eigenvalue weighted by Crippen LogP contribution is 2.44. The molecule has 1 atom stereocenters.